The van der Waals surface area contributed by atoms with Gasteiger partial charge in [0.1, 0.15) is 36.3 Å². The summed E-state index contributed by atoms with van der Waals surface area (Å²) in [6.45, 7) is 2.42. The van der Waals surface area contributed by atoms with Crippen molar-refractivity contribution < 1.29 is 85.6 Å². The zero-order chi connectivity index (χ0) is 44.9. The molecule has 1 aliphatic rings. The second kappa shape index (κ2) is 23.3. The van der Waals surface area contributed by atoms with E-state index in [0.29, 0.717) is 12.2 Å². The second-order valence-corrected chi connectivity index (χ2v) is 19.7. The number of nitrogens with zero attached hydrogens (tertiary/aromatic N) is 4. The summed E-state index contributed by atoms with van der Waals surface area (Å²) in [7, 11) is -16.4. The molecule has 29 heteroatoms. The highest BCUT2D eigenvalue weighted by Crippen LogP contribution is 2.61. The summed E-state index contributed by atoms with van der Waals surface area (Å²) < 4.78 is 62.2. The van der Waals surface area contributed by atoms with E-state index in [4.69, 9.17) is 19.5 Å². The third-order valence-electron chi connectivity index (χ3n) is 8.90. The standard InChI is InChI=1S/C31H54N7O18P3S/c1-4-19(39)9-7-5-6-8-10-22(41)60-14-13-33-21(40)11-12-34-29(44)26(43)31(2,3)16-53-59(50,51)56-58(48,49)52-15-20-25(55-57(45,46)47)24(42)30(54-20)38-18-37-23-27(32)35-17-36-28(23)38/h17-20,24-26,30,39,42-43H,4-16H2,1-3H3,(H,33,40)(H,34,44)(H,48,49)(H,50,51)(H2,32,35,36)(H2,45,46,47). The topological polar surface area (TPSA) is 384 Å². The van der Waals surface area contributed by atoms with Crippen LogP contribution in [0.2, 0.25) is 0 Å². The van der Waals surface area contributed by atoms with Gasteiger partial charge in [0.05, 0.1) is 25.6 Å². The summed E-state index contributed by atoms with van der Waals surface area (Å²) in [5.41, 5.74) is 4.26. The first kappa shape index (κ1) is 51.9. The Balaban J connectivity index is 1.41. The number of nitrogens with one attached hydrogen (secondary N) is 2. The van der Waals surface area contributed by atoms with Crippen molar-refractivity contribution >= 4 is 69.1 Å². The molecule has 0 bridgehead atoms. The van der Waals surface area contributed by atoms with Crippen molar-refractivity contribution in [2.24, 2.45) is 5.41 Å². The van der Waals surface area contributed by atoms with E-state index in [1.807, 2.05) is 6.92 Å². The van der Waals surface area contributed by atoms with E-state index in [-0.39, 0.29) is 47.7 Å². The fraction of sp³-hybridized carbons (Fsp3) is 0.742. The van der Waals surface area contributed by atoms with Crippen molar-refractivity contribution in [2.45, 2.75) is 109 Å². The first-order valence-electron chi connectivity index (χ1n) is 18.7. The number of unbranched alkanes of at least 4 members (excludes halogenated alkanes) is 3. The molecule has 60 heavy (non-hydrogen) atoms. The Morgan fingerprint density at radius 1 is 0.983 bits per heavy atom. The van der Waals surface area contributed by atoms with Crippen molar-refractivity contribution in [2.75, 3.05) is 37.8 Å². The highest BCUT2D eigenvalue weighted by molar-refractivity contribution is 8.13. The quantitative estimate of drug-likeness (QED) is 0.0437. The number of imidazole rings is 1. The van der Waals surface area contributed by atoms with Crippen LogP contribution < -0.4 is 16.4 Å². The maximum Gasteiger partial charge on any atom is 0.481 e. The van der Waals surface area contributed by atoms with Crippen LogP contribution in [0.1, 0.15) is 78.4 Å². The van der Waals surface area contributed by atoms with E-state index in [2.05, 4.69) is 34.4 Å². The van der Waals surface area contributed by atoms with Gasteiger partial charge in [0.25, 0.3) is 0 Å². The van der Waals surface area contributed by atoms with Gasteiger partial charge in [-0.15, -0.1) is 0 Å². The summed E-state index contributed by atoms with van der Waals surface area (Å²) >= 11 is 1.10. The molecular formula is C31H54N7O18P3S. The first-order chi connectivity index (χ1) is 27.9. The summed E-state index contributed by atoms with van der Waals surface area (Å²) in [5.74, 6) is -1.10. The van der Waals surface area contributed by atoms with Gasteiger partial charge in [-0.05, 0) is 19.3 Å². The number of hydrogen-bond donors (Lipinski definition) is 10. The van der Waals surface area contributed by atoms with E-state index < -0.39 is 84.6 Å². The third kappa shape index (κ3) is 17.0. The number of nitrogens with two attached hydrogens (primary N) is 1. The van der Waals surface area contributed by atoms with Crippen LogP contribution in [0, 0.1) is 5.41 Å². The lowest BCUT2D eigenvalue weighted by Gasteiger charge is -2.30. The molecule has 0 saturated carbocycles. The number of thioether (sulfide) groups is 1. The average molecular weight is 938 g/mol. The van der Waals surface area contributed by atoms with E-state index in [9.17, 15) is 63.0 Å². The summed E-state index contributed by atoms with van der Waals surface area (Å²) in [4.78, 5) is 87.8. The molecule has 0 aromatic carbocycles. The van der Waals surface area contributed by atoms with E-state index in [1.54, 1.807) is 0 Å². The minimum Gasteiger partial charge on any atom is -0.393 e. The number of aliphatic hydroxyl groups excluding tert-OH is 3. The molecule has 11 N–H and O–H groups in total. The first-order valence-corrected chi connectivity index (χ1v) is 24.2. The zero-order valence-electron chi connectivity index (χ0n) is 33.0. The molecule has 1 aliphatic heterocycles. The van der Waals surface area contributed by atoms with Gasteiger partial charge in [-0.1, -0.05) is 51.8 Å². The van der Waals surface area contributed by atoms with E-state index in [1.165, 1.54) is 13.8 Å². The molecule has 0 spiro atoms. The molecule has 2 amide bonds. The SMILES string of the molecule is CCC(O)CCCCCCC(=O)SCCNC(=O)CCNC(=O)C(O)C(C)(C)COP(=O)(O)OP(=O)(O)OCC1OC(n2cnc3c(N)ncnc32)C(O)C1OP(=O)(O)O. The number of carbonyl (C=O) groups excluding carboxylic acids is 3. The normalized spacial score (nSPS) is 21.6. The Labute approximate surface area is 348 Å². The Hall–Kier alpha value is -2.48. The molecule has 2 aromatic heterocycles. The zero-order valence-corrected chi connectivity index (χ0v) is 36.5. The highest BCUT2D eigenvalue weighted by Gasteiger charge is 2.50. The molecule has 8 atom stereocenters. The Kier molecular flexibility index (Phi) is 20.1. The van der Waals surface area contributed by atoms with Crippen LogP contribution in [0.3, 0.4) is 0 Å². The van der Waals surface area contributed by atoms with Crippen molar-refractivity contribution in [1.29, 1.82) is 0 Å². The van der Waals surface area contributed by atoms with Crippen LogP contribution in [0.4, 0.5) is 5.82 Å². The number of fused-ring (bicyclic) bond motifs is 1. The number of aromatic nitrogens is 4. The third-order valence-corrected chi connectivity index (χ3v) is 12.9. The minimum absolute atomic E-state index is 0.00905. The lowest BCUT2D eigenvalue weighted by atomic mass is 9.87. The Morgan fingerprint density at radius 3 is 2.35 bits per heavy atom. The molecule has 2 aromatic rings. The molecule has 3 heterocycles. The van der Waals surface area contributed by atoms with Crippen LogP contribution in [0.15, 0.2) is 12.7 Å². The largest absolute Gasteiger partial charge is 0.481 e. The maximum atomic E-state index is 12.7. The van der Waals surface area contributed by atoms with Crippen molar-refractivity contribution in [3.05, 3.63) is 12.7 Å². The fourth-order valence-electron chi connectivity index (χ4n) is 5.57. The van der Waals surface area contributed by atoms with Gasteiger partial charge < -0.3 is 56.0 Å². The molecule has 8 unspecified atom stereocenters. The van der Waals surface area contributed by atoms with Crippen LogP contribution in [-0.4, -0.2) is 134 Å². The highest BCUT2D eigenvalue weighted by atomic mass is 32.2. The van der Waals surface area contributed by atoms with Gasteiger partial charge in [0.2, 0.25) is 11.8 Å². The molecule has 25 nitrogen and oxygen atoms in total. The number of nitrogen functional groups attached to an aromatic ring is 1. The number of carbonyl (C=O) groups is 3. The number of rotatable bonds is 27. The molecule has 1 saturated heterocycles. The summed E-state index contributed by atoms with van der Waals surface area (Å²) in [5, 5.41) is 36.0. The van der Waals surface area contributed by atoms with Crippen LogP contribution in [0.5, 0.6) is 0 Å². The minimum atomic E-state index is -5.58. The molecular weight excluding hydrogens is 883 g/mol. The molecule has 3 rings (SSSR count). The number of anilines is 1. The van der Waals surface area contributed by atoms with E-state index >= 15 is 0 Å². The summed E-state index contributed by atoms with van der Waals surface area (Å²) in [6, 6.07) is 0. The van der Waals surface area contributed by atoms with Gasteiger partial charge in [0.15, 0.2) is 22.8 Å². The molecule has 0 aliphatic carbocycles. The van der Waals surface area contributed by atoms with Crippen molar-refractivity contribution in [1.82, 2.24) is 30.2 Å². The smallest absolute Gasteiger partial charge is 0.393 e. The van der Waals surface area contributed by atoms with Gasteiger partial charge in [-0.3, -0.25) is 32.5 Å². The predicted molar refractivity (Wildman–Crippen MR) is 211 cm³/mol. The molecule has 342 valence electrons. The maximum absolute atomic E-state index is 12.7. The van der Waals surface area contributed by atoms with Gasteiger partial charge in [-0.2, -0.15) is 4.31 Å². The van der Waals surface area contributed by atoms with Gasteiger partial charge >= 0.3 is 23.5 Å². The van der Waals surface area contributed by atoms with Gasteiger partial charge in [-0.25, -0.2) is 28.6 Å². The average Bonchev–Trinajstić information content (AvgIpc) is 3.72. The van der Waals surface area contributed by atoms with Crippen molar-refractivity contribution in [3.8, 4) is 0 Å². The number of ether oxygens (including phenoxy) is 1. The Bertz CT molecular complexity index is 1890. The number of phosphoric acid groups is 3. The number of aliphatic hydroxyl groups is 3. The molecule has 1 fully saturated rings. The van der Waals surface area contributed by atoms with Crippen LogP contribution in [0.25, 0.3) is 11.2 Å². The number of phosphoric ester groups is 3. The Morgan fingerprint density at radius 2 is 1.67 bits per heavy atom. The lowest BCUT2D eigenvalue weighted by Crippen LogP contribution is -2.46. The van der Waals surface area contributed by atoms with Crippen LogP contribution >= 0.6 is 35.2 Å². The fourth-order valence-corrected chi connectivity index (χ4v) is 9.12. The van der Waals surface area contributed by atoms with Crippen LogP contribution in [-0.2, 0) is 50.7 Å². The molecule has 0 radical (unpaired) electrons. The second-order valence-electron chi connectivity index (χ2n) is 14.3. The number of amides is 2. The lowest BCUT2D eigenvalue weighted by molar-refractivity contribution is -0.137. The number of hydrogen-bond acceptors (Lipinski definition) is 19. The van der Waals surface area contributed by atoms with Crippen molar-refractivity contribution in [3.63, 3.8) is 0 Å². The predicted octanol–water partition coefficient (Wildman–Crippen LogP) is 0.776. The van der Waals surface area contributed by atoms with E-state index in [0.717, 1.165) is 67.5 Å². The summed E-state index contributed by atoms with van der Waals surface area (Å²) in [6.07, 6.45) is -1.83. The monoisotopic (exact) mass is 937 g/mol. The van der Waals surface area contributed by atoms with Gasteiger partial charge in [0, 0.05) is 37.1 Å².